The number of aliphatic hydroxyl groups is 1. The van der Waals surface area contributed by atoms with Crippen LogP contribution in [0.25, 0.3) is 0 Å². The number of urea groups is 1. The van der Waals surface area contributed by atoms with Gasteiger partial charge in [-0.05, 0) is 61.1 Å². The molecule has 0 radical (unpaired) electrons. The second-order valence-electron chi connectivity index (χ2n) is 6.80. The SMILES string of the molecule is O=C(NCc1ccc(OC2CCCC2)cc1)NCC(O)c1ccc(Cl)cc1. The number of benzene rings is 2. The van der Waals surface area contributed by atoms with Gasteiger partial charge in [-0.2, -0.15) is 0 Å². The standard InChI is InChI=1S/C21H25ClN2O3/c22-17-9-7-16(8-10-17)20(25)14-24-21(26)23-13-15-5-11-19(12-6-15)27-18-3-1-2-4-18/h5-12,18,20,25H,1-4,13-14H2,(H2,23,24,26). The van der Waals surface area contributed by atoms with E-state index in [2.05, 4.69) is 10.6 Å². The van der Waals surface area contributed by atoms with E-state index >= 15 is 0 Å². The van der Waals surface area contributed by atoms with Gasteiger partial charge in [-0.25, -0.2) is 4.79 Å². The summed E-state index contributed by atoms with van der Waals surface area (Å²) in [6.45, 7) is 0.536. The normalized spacial score (nSPS) is 15.3. The van der Waals surface area contributed by atoms with Crippen LogP contribution in [0.2, 0.25) is 5.02 Å². The molecule has 3 rings (SSSR count). The minimum Gasteiger partial charge on any atom is -0.490 e. The maximum Gasteiger partial charge on any atom is 0.315 e. The van der Waals surface area contributed by atoms with Gasteiger partial charge in [0, 0.05) is 18.1 Å². The van der Waals surface area contributed by atoms with Crippen LogP contribution in [-0.4, -0.2) is 23.8 Å². The summed E-state index contributed by atoms with van der Waals surface area (Å²) >= 11 is 5.83. The average Bonchev–Trinajstić information content (AvgIpc) is 3.19. The van der Waals surface area contributed by atoms with Gasteiger partial charge in [0.1, 0.15) is 5.75 Å². The van der Waals surface area contributed by atoms with Crippen molar-refractivity contribution in [1.82, 2.24) is 10.6 Å². The molecular formula is C21H25ClN2O3. The van der Waals surface area contributed by atoms with Crippen LogP contribution in [0.4, 0.5) is 4.79 Å². The van der Waals surface area contributed by atoms with Crippen molar-refractivity contribution in [1.29, 1.82) is 0 Å². The quantitative estimate of drug-likeness (QED) is 0.665. The smallest absolute Gasteiger partial charge is 0.315 e. The number of carbonyl (C=O) groups excluding carboxylic acids is 1. The molecule has 6 heteroatoms. The lowest BCUT2D eigenvalue weighted by Gasteiger charge is -2.14. The van der Waals surface area contributed by atoms with E-state index in [1.807, 2.05) is 24.3 Å². The zero-order valence-electron chi connectivity index (χ0n) is 15.2. The van der Waals surface area contributed by atoms with Crippen molar-refractivity contribution in [3.63, 3.8) is 0 Å². The topological polar surface area (TPSA) is 70.6 Å². The first-order valence-corrected chi connectivity index (χ1v) is 9.69. The second kappa shape index (κ2) is 9.62. The third-order valence-electron chi connectivity index (χ3n) is 4.69. The molecule has 1 aliphatic rings. The van der Waals surface area contributed by atoms with Crippen molar-refractivity contribution >= 4 is 17.6 Å². The van der Waals surface area contributed by atoms with Gasteiger partial charge in [-0.3, -0.25) is 0 Å². The summed E-state index contributed by atoms with van der Waals surface area (Å²) in [4.78, 5) is 11.9. The molecule has 0 aliphatic heterocycles. The van der Waals surface area contributed by atoms with E-state index in [9.17, 15) is 9.90 Å². The van der Waals surface area contributed by atoms with Crippen LogP contribution in [-0.2, 0) is 6.54 Å². The van der Waals surface area contributed by atoms with Crippen molar-refractivity contribution in [2.24, 2.45) is 0 Å². The Hall–Kier alpha value is -2.24. The summed E-state index contributed by atoms with van der Waals surface area (Å²) in [5, 5.41) is 16.2. The van der Waals surface area contributed by atoms with Crippen molar-refractivity contribution in [3.05, 3.63) is 64.7 Å². The molecule has 27 heavy (non-hydrogen) atoms. The van der Waals surface area contributed by atoms with Crippen molar-refractivity contribution in [3.8, 4) is 5.75 Å². The highest BCUT2D eigenvalue weighted by atomic mass is 35.5. The molecule has 2 aromatic rings. The Morgan fingerprint density at radius 1 is 1.07 bits per heavy atom. The average molecular weight is 389 g/mol. The van der Waals surface area contributed by atoms with Gasteiger partial charge < -0.3 is 20.5 Å². The first kappa shape index (κ1) is 19.5. The summed E-state index contributed by atoms with van der Waals surface area (Å²) in [6, 6.07) is 14.4. The fourth-order valence-corrected chi connectivity index (χ4v) is 3.25. The largest absolute Gasteiger partial charge is 0.490 e. The molecule has 1 aliphatic carbocycles. The predicted molar refractivity (Wildman–Crippen MR) is 106 cm³/mol. The van der Waals surface area contributed by atoms with E-state index < -0.39 is 6.10 Å². The summed E-state index contributed by atoms with van der Waals surface area (Å²) < 4.78 is 5.93. The molecule has 0 bridgehead atoms. The van der Waals surface area contributed by atoms with Gasteiger partial charge in [-0.1, -0.05) is 35.9 Å². The van der Waals surface area contributed by atoms with Crippen LogP contribution >= 0.6 is 11.6 Å². The maximum atomic E-state index is 11.9. The number of aliphatic hydroxyl groups excluding tert-OH is 1. The third kappa shape index (κ3) is 6.15. The Kier molecular flexibility index (Phi) is 6.96. The molecule has 2 amide bonds. The van der Waals surface area contributed by atoms with E-state index in [1.165, 1.54) is 12.8 Å². The highest BCUT2D eigenvalue weighted by Gasteiger charge is 2.16. The number of halogens is 1. The summed E-state index contributed by atoms with van der Waals surface area (Å²) in [5.41, 5.74) is 1.69. The van der Waals surface area contributed by atoms with Gasteiger partial charge in [-0.15, -0.1) is 0 Å². The van der Waals surface area contributed by atoms with E-state index in [1.54, 1.807) is 24.3 Å². The number of hydrogen-bond donors (Lipinski definition) is 3. The van der Waals surface area contributed by atoms with Gasteiger partial charge in [0.2, 0.25) is 0 Å². The molecule has 0 spiro atoms. The number of nitrogens with one attached hydrogen (secondary N) is 2. The Morgan fingerprint density at radius 2 is 1.74 bits per heavy atom. The molecule has 0 heterocycles. The zero-order chi connectivity index (χ0) is 19.1. The van der Waals surface area contributed by atoms with E-state index in [4.69, 9.17) is 16.3 Å². The molecule has 144 valence electrons. The molecule has 1 atom stereocenters. The van der Waals surface area contributed by atoms with Gasteiger partial charge >= 0.3 is 6.03 Å². The van der Waals surface area contributed by atoms with Crippen LogP contribution in [0.1, 0.15) is 42.9 Å². The maximum absolute atomic E-state index is 11.9. The van der Waals surface area contributed by atoms with Gasteiger partial charge in [0.25, 0.3) is 0 Å². The fourth-order valence-electron chi connectivity index (χ4n) is 3.12. The lowest BCUT2D eigenvalue weighted by atomic mass is 10.1. The minimum atomic E-state index is -0.778. The Bertz CT molecular complexity index is 728. The molecule has 1 fully saturated rings. The highest BCUT2D eigenvalue weighted by molar-refractivity contribution is 6.30. The molecule has 3 N–H and O–H groups in total. The number of ether oxygens (including phenoxy) is 1. The van der Waals surface area contributed by atoms with Crippen molar-refractivity contribution in [2.75, 3.05) is 6.54 Å². The van der Waals surface area contributed by atoms with Crippen LogP contribution in [0.3, 0.4) is 0 Å². The number of carbonyl (C=O) groups is 1. The third-order valence-corrected chi connectivity index (χ3v) is 4.94. The van der Waals surface area contributed by atoms with Crippen LogP contribution in [0.15, 0.2) is 48.5 Å². The van der Waals surface area contributed by atoms with Crippen LogP contribution in [0, 0.1) is 0 Å². The van der Waals surface area contributed by atoms with Crippen molar-refractivity contribution in [2.45, 2.75) is 44.4 Å². The Balaban J connectivity index is 1.38. The molecule has 1 unspecified atom stereocenters. The number of amides is 2. The molecule has 0 aromatic heterocycles. The molecule has 0 saturated heterocycles. The highest BCUT2D eigenvalue weighted by Crippen LogP contribution is 2.24. The van der Waals surface area contributed by atoms with Gasteiger partial charge in [0.05, 0.1) is 12.2 Å². The molecular weight excluding hydrogens is 364 g/mol. The molecule has 2 aromatic carbocycles. The van der Waals surface area contributed by atoms with Crippen molar-refractivity contribution < 1.29 is 14.6 Å². The van der Waals surface area contributed by atoms with Gasteiger partial charge in [0.15, 0.2) is 0 Å². The predicted octanol–water partition coefficient (Wildman–Crippen LogP) is 4.19. The first-order chi connectivity index (χ1) is 13.1. The molecule has 5 nitrogen and oxygen atoms in total. The van der Waals surface area contributed by atoms with Crippen LogP contribution < -0.4 is 15.4 Å². The van der Waals surface area contributed by atoms with E-state index in [-0.39, 0.29) is 12.6 Å². The van der Waals surface area contributed by atoms with E-state index in [0.717, 1.165) is 24.2 Å². The first-order valence-electron chi connectivity index (χ1n) is 9.31. The number of rotatable bonds is 7. The second-order valence-corrected chi connectivity index (χ2v) is 7.24. The number of hydrogen-bond acceptors (Lipinski definition) is 3. The Morgan fingerprint density at radius 3 is 2.41 bits per heavy atom. The molecule has 1 saturated carbocycles. The summed E-state index contributed by atoms with van der Waals surface area (Å²) in [5.74, 6) is 0.876. The minimum absolute atomic E-state index is 0.127. The lowest BCUT2D eigenvalue weighted by Crippen LogP contribution is -2.37. The van der Waals surface area contributed by atoms with Crippen LogP contribution in [0.5, 0.6) is 5.75 Å². The lowest BCUT2D eigenvalue weighted by molar-refractivity contribution is 0.173. The monoisotopic (exact) mass is 388 g/mol. The zero-order valence-corrected chi connectivity index (χ0v) is 15.9. The fraction of sp³-hybridized carbons (Fsp3) is 0.381. The van der Waals surface area contributed by atoms with E-state index in [0.29, 0.717) is 23.2 Å². The Labute approximate surface area is 164 Å². The summed E-state index contributed by atoms with van der Waals surface area (Å²) in [7, 11) is 0. The summed E-state index contributed by atoms with van der Waals surface area (Å²) in [6.07, 6.45) is 4.31.